The molecule has 0 aliphatic rings. The molecule has 136 valence electrons. The van der Waals surface area contributed by atoms with E-state index < -0.39 is 0 Å². The van der Waals surface area contributed by atoms with Gasteiger partial charge in [-0.3, -0.25) is 0 Å². The molecule has 0 saturated heterocycles. The molecule has 0 aromatic heterocycles. The fraction of sp³-hybridized carbons (Fsp3) is 0.857. The summed E-state index contributed by atoms with van der Waals surface area (Å²) in [7, 11) is 1.90. The van der Waals surface area contributed by atoms with Crippen molar-refractivity contribution in [3.63, 3.8) is 0 Å². The molecule has 0 amide bonds. The molecule has 1 atom stereocenters. The van der Waals surface area contributed by atoms with E-state index in [0.29, 0.717) is 5.78 Å². The second kappa shape index (κ2) is 19.7. The number of ketones is 1. The Labute approximate surface area is 169 Å². The molecule has 0 aromatic carbocycles. The van der Waals surface area contributed by atoms with Crippen molar-refractivity contribution in [1.82, 2.24) is 5.32 Å². The van der Waals surface area contributed by atoms with Gasteiger partial charge in [-0.25, -0.2) is 0 Å². The van der Waals surface area contributed by atoms with Gasteiger partial charge >= 0.3 is 118 Å². The Hall–Kier alpha value is 0.370. The zero-order chi connectivity index (χ0) is 17.9. The first-order valence-electron chi connectivity index (χ1n) is 10.6. The Morgan fingerprint density at radius 3 is 1.88 bits per heavy atom. The van der Waals surface area contributed by atoms with Gasteiger partial charge in [-0.1, -0.05) is 39.0 Å². The number of unbranched alkanes of at least 4 members (excludes halogenated alkanes) is 11. The summed E-state index contributed by atoms with van der Waals surface area (Å²) >= 11 is 1.10. The van der Waals surface area contributed by atoms with Crippen LogP contribution in [0.5, 0.6) is 0 Å². The number of Topliss-reactive ketones (excluding diaryl/α,β-unsaturated/α-hetero) is 1. The Kier molecular flexibility index (Phi) is 20.0. The minimum absolute atomic E-state index is 0.133. The van der Waals surface area contributed by atoms with Crippen LogP contribution in [0.4, 0.5) is 0 Å². The van der Waals surface area contributed by atoms with E-state index in [-0.39, 0.29) is 6.04 Å². The summed E-state index contributed by atoms with van der Waals surface area (Å²) in [5.41, 5.74) is 0. The van der Waals surface area contributed by atoms with Gasteiger partial charge in [0.2, 0.25) is 0 Å². The summed E-state index contributed by atoms with van der Waals surface area (Å²) in [4.78, 5) is 11.9. The minimum atomic E-state index is 0.133. The first-order valence-corrected chi connectivity index (χ1v) is 12.0. The van der Waals surface area contributed by atoms with Crippen molar-refractivity contribution in [1.29, 1.82) is 0 Å². The number of allylic oxidation sites excluding steroid dienone is 2. The number of hydrogen-bond acceptors (Lipinski definition) is 2. The van der Waals surface area contributed by atoms with Crippen LogP contribution in [0.3, 0.4) is 0 Å². The van der Waals surface area contributed by atoms with E-state index in [1.54, 1.807) is 0 Å². The van der Waals surface area contributed by atoms with Crippen LogP contribution in [-0.4, -0.2) is 46.8 Å². The maximum atomic E-state index is 11.9. The summed E-state index contributed by atoms with van der Waals surface area (Å²) in [6.45, 7) is 2.27. The van der Waals surface area contributed by atoms with E-state index in [1.807, 2.05) is 7.05 Å². The monoisotopic (exact) mass is 345 g/mol. The van der Waals surface area contributed by atoms with E-state index >= 15 is 0 Å². The quantitative estimate of drug-likeness (QED) is 0.194. The van der Waals surface area contributed by atoms with Crippen LogP contribution in [0.25, 0.3) is 0 Å². The second-order valence-electron chi connectivity index (χ2n) is 7.05. The van der Waals surface area contributed by atoms with Crippen LogP contribution in [0.1, 0.15) is 96.8 Å². The molecule has 0 aliphatic heterocycles. The topological polar surface area (TPSA) is 29.1 Å². The molecule has 1 N–H and O–H groups in total. The van der Waals surface area contributed by atoms with Gasteiger partial charge in [0.25, 0.3) is 0 Å². The number of carbonyl (C=O) groups is 1. The molecule has 3 heteroatoms. The molecule has 0 rings (SSSR count). The molecule has 2 nitrogen and oxygen atoms in total. The fourth-order valence-corrected chi connectivity index (χ4v) is 4.00. The van der Waals surface area contributed by atoms with Crippen LogP contribution in [0, 0.1) is 0 Å². The number of carbonyl (C=O) groups excluding carboxylic acids is 1. The number of rotatable bonds is 18. The van der Waals surface area contributed by atoms with Crippen molar-refractivity contribution in [2.45, 2.75) is 107 Å². The third-order valence-electron chi connectivity index (χ3n) is 4.83. The molecular formula is C21H40NNaO. The Morgan fingerprint density at radius 2 is 1.38 bits per heavy atom. The van der Waals surface area contributed by atoms with Gasteiger partial charge in [-0.2, -0.15) is 0 Å². The average Bonchev–Trinajstić information content (AvgIpc) is 2.59. The van der Waals surface area contributed by atoms with Gasteiger partial charge in [0, 0.05) is 0 Å². The number of likely N-dealkylation sites (N-methyl/N-ethyl adjacent to an activating group) is 1. The van der Waals surface area contributed by atoms with E-state index in [1.165, 1.54) is 77.0 Å². The molecule has 0 aromatic rings. The Balaban J connectivity index is 3.27. The molecule has 0 radical (unpaired) electrons. The first kappa shape index (κ1) is 24.4. The standard InChI is InChI=1S/C21H40NO.Na/c1-4-5-6-7-8-9-10-11-12-13-14-15-16-17-18-19-21(23)20(2)22-3;/h11-12,20,22H,2,4-10,13-19H2,1,3H3;/b12-11-;. The fourth-order valence-electron chi connectivity index (χ4n) is 3.14. The summed E-state index contributed by atoms with van der Waals surface area (Å²) in [6, 6.07) is 0.133. The van der Waals surface area contributed by atoms with Gasteiger partial charge in [0.05, 0.1) is 0 Å². The summed E-state index contributed by atoms with van der Waals surface area (Å²) < 4.78 is 1.04. The SMILES string of the molecule is CCCCCCCC/C=C\CCCCCCCC(=O)C([CH2][Na])NC. The van der Waals surface area contributed by atoms with Crippen molar-refractivity contribution in [2.75, 3.05) is 7.05 Å². The summed E-state index contributed by atoms with van der Waals surface area (Å²) in [6.07, 6.45) is 22.5. The molecular weight excluding hydrogens is 305 g/mol. The molecule has 0 fully saturated rings. The molecule has 0 saturated carbocycles. The van der Waals surface area contributed by atoms with Gasteiger partial charge in [-0.05, 0) is 12.8 Å². The van der Waals surface area contributed by atoms with Gasteiger partial charge < -0.3 is 0 Å². The second-order valence-corrected chi connectivity index (χ2v) is 7.87. The predicted octanol–water partition coefficient (Wildman–Crippen LogP) is 5.77. The van der Waals surface area contributed by atoms with Crippen LogP contribution in [-0.2, 0) is 4.79 Å². The molecule has 0 aliphatic carbocycles. The van der Waals surface area contributed by atoms with Crippen molar-refractivity contribution in [3.8, 4) is 0 Å². The van der Waals surface area contributed by atoms with Crippen molar-refractivity contribution >= 4 is 33.7 Å². The van der Waals surface area contributed by atoms with Crippen LogP contribution >= 0.6 is 0 Å². The van der Waals surface area contributed by atoms with E-state index in [2.05, 4.69) is 24.4 Å². The average molecular weight is 346 g/mol. The third-order valence-corrected chi connectivity index (χ3v) is 5.65. The number of nitrogens with one attached hydrogen (secondary N) is 1. The van der Waals surface area contributed by atoms with E-state index in [4.69, 9.17) is 0 Å². The summed E-state index contributed by atoms with van der Waals surface area (Å²) in [5.74, 6) is 0.421. The molecule has 1 unspecified atom stereocenters. The molecule has 0 bridgehead atoms. The molecule has 24 heavy (non-hydrogen) atoms. The van der Waals surface area contributed by atoms with Crippen molar-refractivity contribution in [2.24, 2.45) is 0 Å². The normalized spacial score (nSPS) is 12.8. The Bertz CT molecular complexity index is 300. The third kappa shape index (κ3) is 15.9. The van der Waals surface area contributed by atoms with Crippen LogP contribution in [0.2, 0.25) is 3.67 Å². The van der Waals surface area contributed by atoms with Crippen LogP contribution < -0.4 is 5.32 Å². The van der Waals surface area contributed by atoms with E-state index in [0.717, 1.165) is 44.4 Å². The zero-order valence-corrected chi connectivity index (χ0v) is 18.7. The molecule has 0 spiro atoms. The zero-order valence-electron chi connectivity index (χ0n) is 16.7. The van der Waals surface area contributed by atoms with Crippen molar-refractivity contribution < 1.29 is 4.79 Å². The van der Waals surface area contributed by atoms with Crippen molar-refractivity contribution in [3.05, 3.63) is 12.2 Å². The van der Waals surface area contributed by atoms with Gasteiger partial charge in [0.1, 0.15) is 0 Å². The van der Waals surface area contributed by atoms with Gasteiger partial charge in [-0.15, -0.1) is 0 Å². The van der Waals surface area contributed by atoms with Gasteiger partial charge in [0.15, 0.2) is 0 Å². The Morgan fingerprint density at radius 1 is 0.875 bits per heavy atom. The maximum absolute atomic E-state index is 11.9. The summed E-state index contributed by atoms with van der Waals surface area (Å²) in [5, 5.41) is 3.13. The molecule has 0 heterocycles. The predicted molar refractivity (Wildman–Crippen MR) is 108 cm³/mol. The number of hydrogen-bond donors (Lipinski definition) is 1. The van der Waals surface area contributed by atoms with Crippen LogP contribution in [0.15, 0.2) is 12.2 Å². The van der Waals surface area contributed by atoms with E-state index in [9.17, 15) is 4.79 Å². The first-order chi connectivity index (χ1) is 11.8.